The van der Waals surface area contributed by atoms with Gasteiger partial charge in [-0.15, -0.1) is 0 Å². The molecule has 0 amide bonds. The number of hydrogen-bond donors (Lipinski definition) is 0. The number of benzene rings is 1. The predicted molar refractivity (Wildman–Crippen MR) is 90.2 cm³/mol. The number of hydrogen-bond acceptors (Lipinski definition) is 2. The van der Waals surface area contributed by atoms with Crippen molar-refractivity contribution in [2.75, 3.05) is 11.4 Å². The molecular weight excluding hydrogens is 308 g/mol. The lowest BCUT2D eigenvalue weighted by atomic mass is 10.0. The van der Waals surface area contributed by atoms with E-state index in [0.29, 0.717) is 5.56 Å². The molecule has 1 saturated heterocycles. The average Bonchev–Trinajstić information content (AvgIpc) is 3.22. The molecule has 3 nitrogen and oxygen atoms in total. The van der Waals surface area contributed by atoms with Crippen LogP contribution < -0.4 is 4.90 Å². The first-order valence-electron chi connectivity index (χ1n) is 8.35. The topological polar surface area (TPSA) is 20.5 Å². The lowest BCUT2D eigenvalue weighted by Gasteiger charge is -2.27. The summed E-state index contributed by atoms with van der Waals surface area (Å²) < 4.78 is 29.6. The minimum Gasteiger partial charge on any atom is -0.364 e. The van der Waals surface area contributed by atoms with Gasteiger partial charge in [0.2, 0.25) is 0 Å². The fourth-order valence-corrected chi connectivity index (χ4v) is 3.56. The summed E-state index contributed by atoms with van der Waals surface area (Å²) in [6.07, 6.45) is 4.61. The molecule has 0 aliphatic carbocycles. The average molecular weight is 327 g/mol. The van der Waals surface area contributed by atoms with E-state index in [1.807, 2.05) is 16.8 Å². The van der Waals surface area contributed by atoms with Gasteiger partial charge < -0.3 is 4.90 Å². The highest BCUT2D eigenvalue weighted by atomic mass is 19.1. The molecule has 0 N–H and O–H groups in total. The van der Waals surface area contributed by atoms with Crippen LogP contribution in [0.1, 0.15) is 37.1 Å². The smallest absolute Gasteiger partial charge is 0.128 e. The SMILES string of the molecule is CCc1cc2cc(N3CCCC3c3cc(F)ccc3F)ccn2n1. The molecule has 4 rings (SSSR count). The molecule has 24 heavy (non-hydrogen) atoms. The first-order valence-corrected chi connectivity index (χ1v) is 8.35. The highest BCUT2D eigenvalue weighted by Gasteiger charge is 2.29. The van der Waals surface area contributed by atoms with Crippen LogP contribution in [0.3, 0.4) is 0 Å². The van der Waals surface area contributed by atoms with E-state index in [1.165, 1.54) is 18.2 Å². The molecule has 1 aliphatic heterocycles. The van der Waals surface area contributed by atoms with Crippen LogP contribution in [-0.2, 0) is 6.42 Å². The Morgan fingerprint density at radius 3 is 2.88 bits per heavy atom. The van der Waals surface area contributed by atoms with E-state index < -0.39 is 5.82 Å². The molecule has 1 atom stereocenters. The van der Waals surface area contributed by atoms with Crippen molar-refractivity contribution in [3.63, 3.8) is 0 Å². The maximum atomic E-state index is 14.2. The van der Waals surface area contributed by atoms with Gasteiger partial charge in [0, 0.05) is 24.0 Å². The molecule has 1 unspecified atom stereocenters. The number of fused-ring (bicyclic) bond motifs is 1. The van der Waals surface area contributed by atoms with Crippen LogP contribution >= 0.6 is 0 Å². The number of aromatic nitrogens is 2. The number of nitrogens with zero attached hydrogens (tertiary/aromatic N) is 3. The third-order valence-corrected chi connectivity index (χ3v) is 4.76. The molecular formula is C19H19F2N3. The van der Waals surface area contributed by atoms with E-state index >= 15 is 0 Å². The largest absolute Gasteiger partial charge is 0.364 e. The lowest BCUT2D eigenvalue weighted by molar-refractivity contribution is 0.561. The third-order valence-electron chi connectivity index (χ3n) is 4.76. The van der Waals surface area contributed by atoms with Crippen LogP contribution in [0, 0.1) is 11.6 Å². The van der Waals surface area contributed by atoms with E-state index in [2.05, 4.69) is 29.1 Å². The normalized spacial score (nSPS) is 17.8. The quantitative estimate of drug-likeness (QED) is 0.705. The monoisotopic (exact) mass is 327 g/mol. The molecule has 1 aliphatic rings. The standard InChI is InChI=1S/C19H19F2N3/c1-2-14-11-16-12-15(7-9-24(16)22-14)23-8-3-4-19(23)17-10-13(20)5-6-18(17)21/h5-7,9-12,19H,2-4,8H2,1H3. The molecule has 3 heterocycles. The van der Waals surface area contributed by atoms with Crippen molar-refractivity contribution in [1.82, 2.24) is 9.61 Å². The van der Waals surface area contributed by atoms with Crippen molar-refractivity contribution in [1.29, 1.82) is 0 Å². The van der Waals surface area contributed by atoms with Crippen LogP contribution in [0.15, 0.2) is 42.6 Å². The van der Waals surface area contributed by atoms with Crippen molar-refractivity contribution in [2.24, 2.45) is 0 Å². The Morgan fingerprint density at radius 1 is 1.17 bits per heavy atom. The number of anilines is 1. The van der Waals surface area contributed by atoms with Crippen molar-refractivity contribution in [3.8, 4) is 0 Å². The number of aryl methyl sites for hydroxylation is 1. The first-order chi connectivity index (χ1) is 11.7. The Balaban J connectivity index is 1.73. The van der Waals surface area contributed by atoms with Crippen LogP contribution in [0.4, 0.5) is 14.5 Å². The lowest BCUT2D eigenvalue weighted by Crippen LogP contribution is -2.23. The zero-order valence-electron chi connectivity index (χ0n) is 13.5. The van der Waals surface area contributed by atoms with Crippen molar-refractivity contribution < 1.29 is 8.78 Å². The van der Waals surface area contributed by atoms with Gasteiger partial charge in [0.1, 0.15) is 11.6 Å². The molecule has 0 saturated carbocycles. The Kier molecular flexibility index (Phi) is 3.71. The van der Waals surface area contributed by atoms with Gasteiger partial charge in [0.05, 0.1) is 17.3 Å². The fraction of sp³-hybridized carbons (Fsp3) is 0.316. The summed E-state index contributed by atoms with van der Waals surface area (Å²) in [6.45, 7) is 2.91. The molecule has 5 heteroatoms. The van der Waals surface area contributed by atoms with Gasteiger partial charge >= 0.3 is 0 Å². The number of pyridine rings is 1. The maximum absolute atomic E-state index is 14.2. The molecule has 1 fully saturated rings. The van der Waals surface area contributed by atoms with Gasteiger partial charge in [0.25, 0.3) is 0 Å². The number of halogens is 2. The van der Waals surface area contributed by atoms with E-state index in [9.17, 15) is 8.78 Å². The minimum atomic E-state index is -0.392. The van der Waals surface area contributed by atoms with E-state index in [-0.39, 0.29) is 11.9 Å². The minimum absolute atomic E-state index is 0.128. The van der Waals surface area contributed by atoms with Crippen LogP contribution in [0.2, 0.25) is 0 Å². The highest BCUT2D eigenvalue weighted by molar-refractivity contribution is 5.61. The van der Waals surface area contributed by atoms with Crippen LogP contribution in [-0.4, -0.2) is 16.2 Å². The zero-order valence-corrected chi connectivity index (χ0v) is 13.5. The van der Waals surface area contributed by atoms with Crippen molar-refractivity contribution in [3.05, 3.63) is 65.5 Å². The Labute approximate surface area is 139 Å². The second kappa shape index (κ2) is 5.89. The van der Waals surface area contributed by atoms with Gasteiger partial charge in [-0.2, -0.15) is 5.10 Å². The van der Waals surface area contributed by atoms with E-state index in [4.69, 9.17) is 0 Å². The van der Waals surface area contributed by atoms with Crippen molar-refractivity contribution >= 4 is 11.2 Å². The Morgan fingerprint density at radius 2 is 2.04 bits per heavy atom. The van der Waals surface area contributed by atoms with Crippen LogP contribution in [0.25, 0.3) is 5.52 Å². The maximum Gasteiger partial charge on any atom is 0.128 e. The summed E-state index contributed by atoms with van der Waals surface area (Å²) in [6, 6.07) is 9.72. The van der Waals surface area contributed by atoms with Gasteiger partial charge in [-0.05, 0) is 55.7 Å². The van der Waals surface area contributed by atoms with E-state index in [1.54, 1.807) is 0 Å². The molecule has 0 bridgehead atoms. The van der Waals surface area contributed by atoms with E-state index in [0.717, 1.165) is 42.7 Å². The second-order valence-electron chi connectivity index (χ2n) is 6.26. The summed E-state index contributed by atoms with van der Waals surface area (Å²) in [5.41, 5.74) is 3.53. The van der Waals surface area contributed by atoms with Crippen LogP contribution in [0.5, 0.6) is 0 Å². The summed E-state index contributed by atoms with van der Waals surface area (Å²) in [5, 5.41) is 4.49. The zero-order chi connectivity index (χ0) is 16.7. The Bertz CT molecular complexity index is 887. The van der Waals surface area contributed by atoms with Gasteiger partial charge in [-0.3, -0.25) is 0 Å². The molecule has 0 radical (unpaired) electrons. The Hall–Kier alpha value is -2.43. The molecule has 3 aromatic rings. The van der Waals surface area contributed by atoms with Gasteiger partial charge in [-0.25, -0.2) is 13.3 Å². The second-order valence-corrected chi connectivity index (χ2v) is 6.26. The summed E-state index contributed by atoms with van der Waals surface area (Å²) in [5.74, 6) is -0.732. The predicted octanol–water partition coefficient (Wildman–Crippen LogP) is 4.52. The van der Waals surface area contributed by atoms with Crippen molar-refractivity contribution in [2.45, 2.75) is 32.2 Å². The van der Waals surface area contributed by atoms with Gasteiger partial charge in [0.15, 0.2) is 0 Å². The molecule has 0 spiro atoms. The first kappa shape index (κ1) is 15.1. The molecule has 124 valence electrons. The number of rotatable bonds is 3. The molecule has 1 aromatic carbocycles. The fourth-order valence-electron chi connectivity index (χ4n) is 3.56. The summed E-state index contributed by atoms with van der Waals surface area (Å²) in [7, 11) is 0. The molecule has 2 aromatic heterocycles. The van der Waals surface area contributed by atoms with Gasteiger partial charge in [-0.1, -0.05) is 6.92 Å². The highest BCUT2D eigenvalue weighted by Crippen LogP contribution is 2.37. The third kappa shape index (κ3) is 2.54. The summed E-state index contributed by atoms with van der Waals surface area (Å²) in [4.78, 5) is 2.16. The summed E-state index contributed by atoms with van der Waals surface area (Å²) >= 11 is 0.